The van der Waals surface area contributed by atoms with Gasteiger partial charge in [0, 0.05) is 17.3 Å². The molecule has 0 saturated carbocycles. The second-order valence-corrected chi connectivity index (χ2v) is 4.98. The van der Waals surface area contributed by atoms with Crippen LogP contribution in [0.25, 0.3) is 22.4 Å². The summed E-state index contributed by atoms with van der Waals surface area (Å²) in [5.41, 5.74) is 2.50. The first-order chi connectivity index (χ1) is 10.1. The Morgan fingerprint density at radius 3 is 2.00 bits per heavy atom. The van der Waals surface area contributed by atoms with Crippen molar-refractivity contribution in [1.29, 1.82) is 0 Å². The van der Waals surface area contributed by atoms with E-state index < -0.39 is 0 Å². The van der Waals surface area contributed by atoms with Gasteiger partial charge in [-0.3, -0.25) is 4.98 Å². The number of pyridine rings is 1. The van der Waals surface area contributed by atoms with Crippen LogP contribution in [0.4, 0.5) is 8.78 Å². The van der Waals surface area contributed by atoms with Crippen LogP contribution in [0.1, 0.15) is 0 Å². The minimum Gasteiger partial charge on any atom is -0.254 e. The number of benzene rings is 2. The molecule has 0 aliphatic heterocycles. The van der Waals surface area contributed by atoms with Gasteiger partial charge in [-0.1, -0.05) is 35.9 Å². The highest BCUT2D eigenvalue weighted by molar-refractivity contribution is 6.33. The Hall–Kier alpha value is -2.26. The molecule has 3 rings (SSSR count). The zero-order chi connectivity index (χ0) is 14.8. The second kappa shape index (κ2) is 5.62. The van der Waals surface area contributed by atoms with Gasteiger partial charge in [-0.25, -0.2) is 8.78 Å². The van der Waals surface area contributed by atoms with E-state index in [0.29, 0.717) is 27.4 Å². The lowest BCUT2D eigenvalue weighted by Gasteiger charge is -2.07. The van der Waals surface area contributed by atoms with Crippen molar-refractivity contribution in [2.24, 2.45) is 0 Å². The highest BCUT2D eigenvalue weighted by atomic mass is 35.5. The summed E-state index contributed by atoms with van der Waals surface area (Å²) in [5, 5.41) is 0.391. The van der Waals surface area contributed by atoms with Crippen LogP contribution in [0, 0.1) is 11.6 Å². The molecule has 21 heavy (non-hydrogen) atoms. The van der Waals surface area contributed by atoms with Crippen molar-refractivity contribution in [2.75, 3.05) is 0 Å². The number of hydrogen-bond acceptors (Lipinski definition) is 1. The third-order valence-electron chi connectivity index (χ3n) is 3.10. The van der Waals surface area contributed by atoms with Gasteiger partial charge in [0.1, 0.15) is 11.6 Å². The quantitative estimate of drug-likeness (QED) is 0.622. The standard InChI is InChI=1S/C17H10ClF2N/c18-16-9-13(11-3-1-5-14(19)7-11)10-21-17(16)12-4-2-6-15(20)8-12/h1-10H. The smallest absolute Gasteiger partial charge is 0.123 e. The molecule has 0 bridgehead atoms. The van der Waals surface area contributed by atoms with Gasteiger partial charge in [0.15, 0.2) is 0 Å². The van der Waals surface area contributed by atoms with E-state index in [1.165, 1.54) is 24.3 Å². The second-order valence-electron chi connectivity index (χ2n) is 4.58. The molecule has 0 amide bonds. The minimum atomic E-state index is -0.348. The van der Waals surface area contributed by atoms with Gasteiger partial charge in [-0.15, -0.1) is 0 Å². The largest absolute Gasteiger partial charge is 0.254 e. The number of halogens is 3. The zero-order valence-corrected chi connectivity index (χ0v) is 11.6. The average molecular weight is 302 g/mol. The third-order valence-corrected chi connectivity index (χ3v) is 3.39. The average Bonchev–Trinajstić information content (AvgIpc) is 2.47. The fourth-order valence-corrected chi connectivity index (χ4v) is 2.39. The van der Waals surface area contributed by atoms with Crippen molar-refractivity contribution in [3.05, 3.63) is 77.5 Å². The molecule has 0 unspecified atom stereocenters. The van der Waals surface area contributed by atoms with Crippen LogP contribution in [0.3, 0.4) is 0 Å². The lowest BCUT2D eigenvalue weighted by Crippen LogP contribution is -1.88. The molecule has 0 saturated heterocycles. The minimum absolute atomic E-state index is 0.321. The summed E-state index contributed by atoms with van der Waals surface area (Å²) in [6.45, 7) is 0. The summed E-state index contributed by atoms with van der Waals surface area (Å²) in [4.78, 5) is 4.27. The third kappa shape index (κ3) is 2.93. The van der Waals surface area contributed by atoms with E-state index in [9.17, 15) is 8.78 Å². The number of hydrogen-bond donors (Lipinski definition) is 0. The summed E-state index contributed by atoms with van der Waals surface area (Å²) in [7, 11) is 0. The summed E-state index contributed by atoms with van der Waals surface area (Å²) in [6, 6.07) is 14.0. The summed E-state index contributed by atoms with van der Waals surface area (Å²) < 4.78 is 26.5. The maximum atomic E-state index is 13.3. The van der Waals surface area contributed by atoms with Crippen LogP contribution in [-0.2, 0) is 0 Å². The van der Waals surface area contributed by atoms with Gasteiger partial charge in [0.2, 0.25) is 0 Å². The molecular formula is C17H10ClF2N. The maximum Gasteiger partial charge on any atom is 0.123 e. The molecule has 104 valence electrons. The molecule has 0 aliphatic carbocycles. The van der Waals surface area contributed by atoms with Crippen molar-refractivity contribution < 1.29 is 8.78 Å². The molecule has 0 N–H and O–H groups in total. The van der Waals surface area contributed by atoms with Gasteiger partial charge in [0.05, 0.1) is 10.7 Å². The predicted molar refractivity (Wildman–Crippen MR) is 80.0 cm³/mol. The molecule has 1 aromatic heterocycles. The van der Waals surface area contributed by atoms with E-state index in [1.807, 2.05) is 0 Å². The van der Waals surface area contributed by atoms with E-state index in [0.717, 1.165) is 0 Å². The number of rotatable bonds is 2. The van der Waals surface area contributed by atoms with Gasteiger partial charge >= 0.3 is 0 Å². The van der Waals surface area contributed by atoms with Crippen LogP contribution in [0.2, 0.25) is 5.02 Å². The van der Waals surface area contributed by atoms with E-state index >= 15 is 0 Å². The van der Waals surface area contributed by atoms with Crippen molar-refractivity contribution in [3.63, 3.8) is 0 Å². The van der Waals surface area contributed by atoms with Crippen LogP contribution in [0.5, 0.6) is 0 Å². The van der Waals surface area contributed by atoms with E-state index in [2.05, 4.69) is 4.98 Å². The van der Waals surface area contributed by atoms with Gasteiger partial charge in [-0.2, -0.15) is 0 Å². The summed E-state index contributed by atoms with van der Waals surface area (Å²) in [6.07, 6.45) is 1.60. The fraction of sp³-hybridized carbons (Fsp3) is 0. The Labute approximate surface area is 125 Å². The van der Waals surface area contributed by atoms with Gasteiger partial charge in [0.25, 0.3) is 0 Å². The Morgan fingerprint density at radius 2 is 1.38 bits per heavy atom. The SMILES string of the molecule is Fc1cccc(-c2cnc(-c3cccc(F)c3)c(Cl)c2)c1. The van der Waals surface area contributed by atoms with Crippen LogP contribution >= 0.6 is 11.6 Å². The Balaban J connectivity index is 2.04. The molecule has 1 heterocycles. The maximum absolute atomic E-state index is 13.3. The van der Waals surface area contributed by atoms with E-state index in [1.54, 1.807) is 36.5 Å². The van der Waals surface area contributed by atoms with Crippen LogP contribution < -0.4 is 0 Å². The van der Waals surface area contributed by atoms with E-state index in [4.69, 9.17) is 11.6 Å². The highest BCUT2D eigenvalue weighted by Crippen LogP contribution is 2.30. The fourth-order valence-electron chi connectivity index (χ4n) is 2.11. The van der Waals surface area contributed by atoms with Crippen molar-refractivity contribution in [2.45, 2.75) is 0 Å². The molecule has 0 aliphatic rings. The molecule has 0 spiro atoms. The molecule has 0 radical (unpaired) electrons. The monoisotopic (exact) mass is 301 g/mol. The first-order valence-corrected chi connectivity index (χ1v) is 6.69. The zero-order valence-electron chi connectivity index (χ0n) is 10.9. The summed E-state index contributed by atoms with van der Waals surface area (Å²) >= 11 is 6.23. The molecule has 1 nitrogen and oxygen atoms in total. The summed E-state index contributed by atoms with van der Waals surface area (Å²) in [5.74, 6) is -0.669. The Bertz CT molecular complexity index is 802. The molecule has 0 fully saturated rings. The molecule has 0 atom stereocenters. The number of nitrogens with zero attached hydrogens (tertiary/aromatic N) is 1. The molecule has 4 heteroatoms. The molecule has 3 aromatic rings. The van der Waals surface area contributed by atoms with Gasteiger partial charge < -0.3 is 0 Å². The predicted octanol–water partition coefficient (Wildman–Crippen LogP) is 5.35. The van der Waals surface area contributed by atoms with E-state index in [-0.39, 0.29) is 11.6 Å². The molecule has 2 aromatic carbocycles. The lowest BCUT2D eigenvalue weighted by atomic mass is 10.1. The normalized spacial score (nSPS) is 10.6. The van der Waals surface area contributed by atoms with Crippen molar-refractivity contribution in [1.82, 2.24) is 4.98 Å². The lowest BCUT2D eigenvalue weighted by molar-refractivity contribution is 0.628. The van der Waals surface area contributed by atoms with Gasteiger partial charge in [-0.05, 0) is 35.9 Å². The Kier molecular flexibility index (Phi) is 3.67. The first-order valence-electron chi connectivity index (χ1n) is 6.31. The first kappa shape index (κ1) is 13.7. The van der Waals surface area contributed by atoms with Crippen LogP contribution in [0.15, 0.2) is 60.8 Å². The van der Waals surface area contributed by atoms with Crippen LogP contribution in [-0.4, -0.2) is 4.98 Å². The number of aromatic nitrogens is 1. The van der Waals surface area contributed by atoms with Crippen molar-refractivity contribution in [3.8, 4) is 22.4 Å². The molecular weight excluding hydrogens is 292 g/mol. The highest BCUT2D eigenvalue weighted by Gasteiger charge is 2.09. The van der Waals surface area contributed by atoms with Crippen molar-refractivity contribution >= 4 is 11.6 Å². The topological polar surface area (TPSA) is 12.9 Å². The Morgan fingerprint density at radius 1 is 0.762 bits per heavy atom.